The molecule has 0 radical (unpaired) electrons. The van der Waals surface area contributed by atoms with Crippen LogP contribution in [0.1, 0.15) is 18.2 Å². The highest BCUT2D eigenvalue weighted by Gasteiger charge is 2.23. The van der Waals surface area contributed by atoms with Crippen LogP contribution in [0, 0.1) is 6.92 Å². The van der Waals surface area contributed by atoms with Crippen LogP contribution in [0.5, 0.6) is 0 Å². The van der Waals surface area contributed by atoms with Crippen molar-refractivity contribution in [1.82, 2.24) is 4.98 Å². The molecule has 5 heteroatoms. The van der Waals surface area contributed by atoms with Crippen molar-refractivity contribution in [3.8, 4) is 0 Å². The molecule has 0 aliphatic carbocycles. The molecule has 1 rings (SSSR count). The first-order valence-electron chi connectivity index (χ1n) is 4.94. The molecule has 16 heavy (non-hydrogen) atoms. The Morgan fingerprint density at radius 3 is 2.62 bits per heavy atom. The molecule has 0 amide bonds. The number of aromatic nitrogens is 1. The number of ketones is 1. The van der Waals surface area contributed by atoms with Crippen molar-refractivity contribution in [2.45, 2.75) is 25.5 Å². The van der Waals surface area contributed by atoms with E-state index in [0.29, 0.717) is 5.69 Å². The highest BCUT2D eigenvalue weighted by Crippen LogP contribution is 2.08. The fourth-order valence-electron chi connectivity index (χ4n) is 1.25. The molecule has 88 valence electrons. The molecule has 0 saturated heterocycles. The van der Waals surface area contributed by atoms with Gasteiger partial charge >= 0.3 is 0 Å². The summed E-state index contributed by atoms with van der Waals surface area (Å²) in [5, 5.41) is -0.964. The number of carbonyl (C=O) groups excluding carboxylic acids is 1. The van der Waals surface area contributed by atoms with Gasteiger partial charge in [0, 0.05) is 12.5 Å². The van der Waals surface area contributed by atoms with E-state index in [0.717, 1.165) is 11.8 Å². The molecule has 4 nitrogen and oxygen atoms in total. The third-order valence-electron chi connectivity index (χ3n) is 2.56. The average molecular weight is 241 g/mol. The van der Waals surface area contributed by atoms with Crippen molar-refractivity contribution in [2.24, 2.45) is 0 Å². The number of rotatable bonds is 4. The summed E-state index contributed by atoms with van der Waals surface area (Å²) in [6.45, 7) is 3.26. The van der Waals surface area contributed by atoms with Crippen LogP contribution in [-0.2, 0) is 21.1 Å². The van der Waals surface area contributed by atoms with Crippen LogP contribution < -0.4 is 0 Å². The summed E-state index contributed by atoms with van der Waals surface area (Å²) >= 11 is 0. The maximum absolute atomic E-state index is 11.7. The molecule has 0 aliphatic heterocycles. The maximum atomic E-state index is 11.7. The van der Waals surface area contributed by atoms with Gasteiger partial charge in [0.2, 0.25) is 0 Å². The van der Waals surface area contributed by atoms with Crippen molar-refractivity contribution >= 4 is 15.6 Å². The van der Waals surface area contributed by atoms with Gasteiger partial charge in [-0.2, -0.15) is 0 Å². The zero-order valence-electron chi connectivity index (χ0n) is 9.60. The summed E-state index contributed by atoms with van der Waals surface area (Å²) in [6, 6.07) is 3.63. The van der Waals surface area contributed by atoms with E-state index in [9.17, 15) is 13.2 Å². The van der Waals surface area contributed by atoms with Gasteiger partial charge in [-0.1, -0.05) is 6.07 Å². The standard InChI is InChI=1S/C11H15NO3S/c1-8-5-4-6-12-10(8)7-11(13)9(2)16(3,14)15/h4-6,9H,7H2,1-3H3. The molecular weight excluding hydrogens is 226 g/mol. The fourth-order valence-corrected chi connectivity index (χ4v) is 1.81. The Hall–Kier alpha value is -1.23. The van der Waals surface area contributed by atoms with Gasteiger partial charge in [0.15, 0.2) is 15.6 Å². The minimum Gasteiger partial charge on any atom is -0.298 e. The van der Waals surface area contributed by atoms with Crippen molar-refractivity contribution < 1.29 is 13.2 Å². The molecule has 1 aromatic heterocycles. The number of aryl methyl sites for hydroxylation is 1. The lowest BCUT2D eigenvalue weighted by Gasteiger charge is -2.08. The number of hydrogen-bond acceptors (Lipinski definition) is 4. The highest BCUT2D eigenvalue weighted by atomic mass is 32.2. The Morgan fingerprint density at radius 2 is 2.12 bits per heavy atom. The number of Topliss-reactive ketones (excluding diaryl/α,β-unsaturated/α-hetero) is 1. The Balaban J connectivity index is 2.84. The largest absolute Gasteiger partial charge is 0.298 e. The lowest BCUT2D eigenvalue weighted by molar-refractivity contribution is -0.117. The predicted molar refractivity (Wildman–Crippen MR) is 62.0 cm³/mol. The van der Waals surface area contributed by atoms with Gasteiger partial charge < -0.3 is 0 Å². The molecule has 1 aromatic rings. The van der Waals surface area contributed by atoms with E-state index in [4.69, 9.17) is 0 Å². The van der Waals surface area contributed by atoms with Crippen LogP contribution in [0.3, 0.4) is 0 Å². The van der Waals surface area contributed by atoms with Crippen molar-refractivity contribution in [2.75, 3.05) is 6.26 Å². The van der Waals surface area contributed by atoms with Crippen molar-refractivity contribution in [3.63, 3.8) is 0 Å². The second-order valence-corrected chi connectivity index (χ2v) is 6.25. The Labute approximate surface area is 95.6 Å². The molecule has 1 unspecified atom stereocenters. The van der Waals surface area contributed by atoms with E-state index in [-0.39, 0.29) is 12.2 Å². The van der Waals surface area contributed by atoms with Crippen molar-refractivity contribution in [1.29, 1.82) is 0 Å². The molecule has 0 bridgehead atoms. The highest BCUT2D eigenvalue weighted by molar-refractivity contribution is 7.92. The third-order valence-corrected chi connectivity index (χ3v) is 4.10. The van der Waals surface area contributed by atoms with Gasteiger partial charge in [-0.05, 0) is 25.5 Å². The predicted octanol–water partition coefficient (Wildman–Crippen LogP) is 0.935. The molecule has 0 spiro atoms. The SMILES string of the molecule is Cc1cccnc1CC(=O)C(C)S(C)(=O)=O. The molecule has 0 N–H and O–H groups in total. The second kappa shape index (κ2) is 4.74. The van der Waals surface area contributed by atoms with Crippen molar-refractivity contribution in [3.05, 3.63) is 29.6 Å². The van der Waals surface area contributed by atoms with Crippen LogP contribution >= 0.6 is 0 Å². The number of carbonyl (C=O) groups is 1. The normalized spacial score (nSPS) is 13.4. The van der Waals surface area contributed by atoms with E-state index in [1.165, 1.54) is 6.92 Å². The van der Waals surface area contributed by atoms with Gasteiger partial charge in [-0.3, -0.25) is 9.78 Å². The number of hydrogen-bond donors (Lipinski definition) is 0. The minimum atomic E-state index is -3.31. The summed E-state index contributed by atoms with van der Waals surface area (Å²) in [5.74, 6) is -0.315. The van der Waals surface area contributed by atoms with E-state index < -0.39 is 15.1 Å². The molecule has 0 saturated carbocycles. The van der Waals surface area contributed by atoms with E-state index in [2.05, 4.69) is 4.98 Å². The van der Waals surface area contributed by atoms with Gasteiger partial charge in [0.1, 0.15) is 5.25 Å². The van der Waals surface area contributed by atoms with Gasteiger partial charge in [-0.25, -0.2) is 8.42 Å². The monoisotopic (exact) mass is 241 g/mol. The van der Waals surface area contributed by atoms with Crippen LogP contribution in [-0.4, -0.2) is 30.7 Å². The smallest absolute Gasteiger partial charge is 0.157 e. The van der Waals surface area contributed by atoms with E-state index in [1.807, 2.05) is 13.0 Å². The van der Waals surface area contributed by atoms with Gasteiger partial charge in [0.05, 0.1) is 12.1 Å². The Morgan fingerprint density at radius 1 is 1.50 bits per heavy atom. The fraction of sp³-hybridized carbons (Fsp3) is 0.455. The number of pyridine rings is 1. The maximum Gasteiger partial charge on any atom is 0.157 e. The summed E-state index contributed by atoms with van der Waals surface area (Å²) < 4.78 is 22.4. The summed E-state index contributed by atoms with van der Waals surface area (Å²) in [7, 11) is -3.31. The van der Waals surface area contributed by atoms with E-state index >= 15 is 0 Å². The first kappa shape index (κ1) is 12.8. The zero-order valence-corrected chi connectivity index (χ0v) is 10.4. The van der Waals surface area contributed by atoms with Crippen LogP contribution in [0.4, 0.5) is 0 Å². The molecule has 1 atom stereocenters. The Kier molecular flexibility index (Phi) is 3.80. The molecule has 0 aromatic carbocycles. The topological polar surface area (TPSA) is 64.1 Å². The lowest BCUT2D eigenvalue weighted by atomic mass is 10.1. The quantitative estimate of drug-likeness (QED) is 0.786. The minimum absolute atomic E-state index is 0.0703. The third kappa shape index (κ3) is 3.13. The zero-order chi connectivity index (χ0) is 12.3. The summed E-state index contributed by atoms with van der Waals surface area (Å²) in [4.78, 5) is 15.8. The molecule has 0 aliphatic rings. The average Bonchev–Trinajstić information content (AvgIpc) is 2.19. The van der Waals surface area contributed by atoms with Gasteiger partial charge in [-0.15, -0.1) is 0 Å². The summed E-state index contributed by atoms with van der Waals surface area (Å²) in [6.07, 6.45) is 2.74. The number of sulfone groups is 1. The molecule has 0 fully saturated rings. The number of nitrogens with zero attached hydrogens (tertiary/aromatic N) is 1. The Bertz CT molecular complexity index is 494. The molecule has 1 heterocycles. The first-order chi connectivity index (χ1) is 7.32. The summed E-state index contributed by atoms with van der Waals surface area (Å²) in [5.41, 5.74) is 1.54. The second-order valence-electron chi connectivity index (χ2n) is 3.88. The lowest BCUT2D eigenvalue weighted by Crippen LogP contribution is -2.28. The van der Waals surface area contributed by atoms with E-state index in [1.54, 1.807) is 12.3 Å². The van der Waals surface area contributed by atoms with Gasteiger partial charge in [0.25, 0.3) is 0 Å². The first-order valence-corrected chi connectivity index (χ1v) is 6.90. The van der Waals surface area contributed by atoms with Crippen LogP contribution in [0.25, 0.3) is 0 Å². The molecular formula is C11H15NO3S. The van der Waals surface area contributed by atoms with Crippen LogP contribution in [0.15, 0.2) is 18.3 Å². The van der Waals surface area contributed by atoms with Crippen LogP contribution in [0.2, 0.25) is 0 Å².